The minimum atomic E-state index is 0.635. The van der Waals surface area contributed by atoms with E-state index in [1.54, 1.807) is 6.20 Å². The SMILES string of the molecule is CN(C)CCCNc1nc(NCCN2CCOCC2)cc(-c2ccccn2)n1. The Balaban J connectivity index is 1.64. The quantitative estimate of drug-likeness (QED) is 0.598. The van der Waals surface area contributed by atoms with Gasteiger partial charge in [0, 0.05) is 45.0 Å². The van der Waals surface area contributed by atoms with Gasteiger partial charge < -0.3 is 20.3 Å². The Labute approximate surface area is 167 Å². The van der Waals surface area contributed by atoms with Crippen LogP contribution in [0.2, 0.25) is 0 Å². The number of anilines is 2. The first kappa shape index (κ1) is 20.4. The summed E-state index contributed by atoms with van der Waals surface area (Å²) in [6.07, 6.45) is 2.82. The second kappa shape index (κ2) is 10.9. The molecule has 2 N–H and O–H groups in total. The molecule has 152 valence electrons. The van der Waals surface area contributed by atoms with Gasteiger partial charge in [0.15, 0.2) is 0 Å². The van der Waals surface area contributed by atoms with Crippen molar-refractivity contribution in [2.45, 2.75) is 6.42 Å². The summed E-state index contributed by atoms with van der Waals surface area (Å²) in [6, 6.07) is 7.81. The Morgan fingerprint density at radius 2 is 1.93 bits per heavy atom. The average molecular weight is 386 g/mol. The van der Waals surface area contributed by atoms with Crippen LogP contribution in [0.1, 0.15) is 6.42 Å². The predicted molar refractivity (Wildman–Crippen MR) is 113 cm³/mol. The molecule has 3 heterocycles. The Bertz CT molecular complexity index is 705. The minimum absolute atomic E-state index is 0.635. The Hall–Kier alpha value is -2.29. The van der Waals surface area contributed by atoms with Gasteiger partial charge in [0.05, 0.1) is 24.6 Å². The van der Waals surface area contributed by atoms with Gasteiger partial charge in [-0.05, 0) is 39.2 Å². The van der Waals surface area contributed by atoms with E-state index in [9.17, 15) is 0 Å². The molecule has 1 fully saturated rings. The van der Waals surface area contributed by atoms with Crippen molar-refractivity contribution in [1.82, 2.24) is 24.8 Å². The molecule has 0 amide bonds. The zero-order valence-electron chi connectivity index (χ0n) is 16.9. The van der Waals surface area contributed by atoms with Gasteiger partial charge in [-0.2, -0.15) is 4.98 Å². The molecule has 1 aliphatic rings. The Morgan fingerprint density at radius 3 is 2.68 bits per heavy atom. The van der Waals surface area contributed by atoms with Crippen molar-refractivity contribution in [1.29, 1.82) is 0 Å². The van der Waals surface area contributed by atoms with E-state index in [0.717, 1.165) is 76.1 Å². The number of nitrogens with one attached hydrogen (secondary N) is 2. The van der Waals surface area contributed by atoms with Gasteiger partial charge in [0.2, 0.25) is 5.95 Å². The molecule has 8 nitrogen and oxygen atoms in total. The summed E-state index contributed by atoms with van der Waals surface area (Å²) < 4.78 is 5.41. The van der Waals surface area contributed by atoms with Gasteiger partial charge in [0.25, 0.3) is 0 Å². The Morgan fingerprint density at radius 1 is 1.07 bits per heavy atom. The van der Waals surface area contributed by atoms with Crippen LogP contribution in [0.5, 0.6) is 0 Å². The second-order valence-corrected chi connectivity index (χ2v) is 7.14. The number of hydrogen-bond acceptors (Lipinski definition) is 8. The summed E-state index contributed by atoms with van der Waals surface area (Å²) in [4.78, 5) is 18.3. The topological polar surface area (TPSA) is 78.4 Å². The van der Waals surface area contributed by atoms with E-state index in [-0.39, 0.29) is 0 Å². The lowest BCUT2D eigenvalue weighted by Gasteiger charge is -2.26. The zero-order valence-corrected chi connectivity index (χ0v) is 16.9. The third-order valence-electron chi connectivity index (χ3n) is 4.56. The lowest BCUT2D eigenvalue weighted by atomic mass is 10.2. The summed E-state index contributed by atoms with van der Waals surface area (Å²) in [7, 11) is 4.16. The molecular weight excluding hydrogens is 354 g/mol. The Kier molecular flexibility index (Phi) is 7.95. The van der Waals surface area contributed by atoms with Crippen LogP contribution in [0.4, 0.5) is 11.8 Å². The molecule has 2 aromatic rings. The van der Waals surface area contributed by atoms with Crippen LogP contribution in [0.15, 0.2) is 30.5 Å². The van der Waals surface area contributed by atoms with Crippen molar-refractivity contribution >= 4 is 11.8 Å². The molecule has 1 aliphatic heterocycles. The second-order valence-electron chi connectivity index (χ2n) is 7.14. The number of aromatic nitrogens is 3. The van der Waals surface area contributed by atoms with Crippen LogP contribution in [-0.4, -0.2) is 91.3 Å². The van der Waals surface area contributed by atoms with E-state index in [1.807, 2.05) is 24.3 Å². The van der Waals surface area contributed by atoms with E-state index in [0.29, 0.717) is 5.95 Å². The minimum Gasteiger partial charge on any atom is -0.379 e. The first-order chi connectivity index (χ1) is 13.7. The van der Waals surface area contributed by atoms with E-state index in [4.69, 9.17) is 4.74 Å². The molecular formula is C20H31N7O. The van der Waals surface area contributed by atoms with Crippen molar-refractivity contribution in [2.24, 2.45) is 0 Å². The van der Waals surface area contributed by atoms with Crippen LogP contribution >= 0.6 is 0 Å². The predicted octanol–water partition coefficient (Wildman–Crippen LogP) is 1.65. The van der Waals surface area contributed by atoms with Crippen LogP contribution in [0, 0.1) is 0 Å². The molecule has 0 atom stereocenters. The van der Waals surface area contributed by atoms with Gasteiger partial charge >= 0.3 is 0 Å². The standard InChI is InChI=1S/C20H31N7O/c1-26(2)10-5-8-23-20-24-18(17-6-3-4-7-21-17)16-19(25-20)22-9-11-27-12-14-28-15-13-27/h3-4,6-7,16H,5,8-15H2,1-2H3,(H2,22,23,24,25). The molecule has 8 heteroatoms. The van der Waals surface area contributed by atoms with Gasteiger partial charge in [-0.1, -0.05) is 6.07 Å². The highest BCUT2D eigenvalue weighted by molar-refractivity contribution is 5.60. The molecule has 0 aromatic carbocycles. The van der Waals surface area contributed by atoms with Gasteiger partial charge in [-0.25, -0.2) is 4.98 Å². The van der Waals surface area contributed by atoms with Crippen molar-refractivity contribution in [3.8, 4) is 11.4 Å². The average Bonchev–Trinajstić information content (AvgIpc) is 2.72. The van der Waals surface area contributed by atoms with Gasteiger partial charge in [-0.3, -0.25) is 9.88 Å². The lowest BCUT2D eigenvalue weighted by molar-refractivity contribution is 0.0398. The van der Waals surface area contributed by atoms with E-state index < -0.39 is 0 Å². The molecule has 1 saturated heterocycles. The fraction of sp³-hybridized carbons (Fsp3) is 0.550. The van der Waals surface area contributed by atoms with E-state index in [2.05, 4.69) is 49.5 Å². The molecule has 0 radical (unpaired) electrons. The highest BCUT2D eigenvalue weighted by atomic mass is 16.5. The third-order valence-corrected chi connectivity index (χ3v) is 4.56. The first-order valence-corrected chi connectivity index (χ1v) is 9.94. The molecule has 0 bridgehead atoms. The number of rotatable bonds is 10. The summed E-state index contributed by atoms with van der Waals surface area (Å²) in [6.45, 7) is 7.27. The normalized spacial score (nSPS) is 15.0. The molecule has 0 aliphatic carbocycles. The number of ether oxygens (including phenoxy) is 1. The molecule has 0 unspecified atom stereocenters. The number of nitrogens with zero attached hydrogens (tertiary/aromatic N) is 5. The summed E-state index contributed by atoms with van der Waals surface area (Å²) in [5, 5.41) is 6.79. The fourth-order valence-electron chi connectivity index (χ4n) is 3.02. The van der Waals surface area contributed by atoms with E-state index in [1.165, 1.54) is 0 Å². The van der Waals surface area contributed by atoms with Crippen molar-refractivity contribution in [3.63, 3.8) is 0 Å². The maximum absolute atomic E-state index is 5.41. The van der Waals surface area contributed by atoms with Crippen molar-refractivity contribution < 1.29 is 4.74 Å². The van der Waals surface area contributed by atoms with Gasteiger partial charge in [-0.15, -0.1) is 0 Å². The maximum Gasteiger partial charge on any atom is 0.225 e. The van der Waals surface area contributed by atoms with Gasteiger partial charge in [0.1, 0.15) is 5.82 Å². The highest BCUT2D eigenvalue weighted by Gasteiger charge is 2.11. The first-order valence-electron chi connectivity index (χ1n) is 9.94. The van der Waals surface area contributed by atoms with Crippen LogP contribution in [0.25, 0.3) is 11.4 Å². The molecule has 0 saturated carbocycles. The summed E-state index contributed by atoms with van der Waals surface area (Å²) >= 11 is 0. The van der Waals surface area contributed by atoms with Crippen molar-refractivity contribution in [3.05, 3.63) is 30.5 Å². The van der Waals surface area contributed by atoms with Crippen LogP contribution < -0.4 is 10.6 Å². The van der Waals surface area contributed by atoms with Crippen LogP contribution in [-0.2, 0) is 4.74 Å². The largest absolute Gasteiger partial charge is 0.379 e. The molecule has 2 aromatic heterocycles. The number of pyridine rings is 1. The fourth-order valence-corrected chi connectivity index (χ4v) is 3.02. The van der Waals surface area contributed by atoms with E-state index >= 15 is 0 Å². The molecule has 0 spiro atoms. The summed E-state index contributed by atoms with van der Waals surface area (Å²) in [5.41, 5.74) is 1.66. The molecule has 28 heavy (non-hydrogen) atoms. The van der Waals surface area contributed by atoms with Crippen LogP contribution in [0.3, 0.4) is 0 Å². The number of morpholine rings is 1. The summed E-state index contributed by atoms with van der Waals surface area (Å²) in [5.74, 6) is 1.45. The maximum atomic E-state index is 5.41. The monoisotopic (exact) mass is 385 g/mol. The number of hydrogen-bond donors (Lipinski definition) is 2. The zero-order chi connectivity index (χ0) is 19.6. The third kappa shape index (κ3) is 6.70. The van der Waals surface area contributed by atoms with Crippen molar-refractivity contribution in [2.75, 3.05) is 77.2 Å². The molecule has 3 rings (SSSR count). The highest BCUT2D eigenvalue weighted by Crippen LogP contribution is 2.19. The smallest absolute Gasteiger partial charge is 0.225 e. The lowest BCUT2D eigenvalue weighted by Crippen LogP contribution is -2.39.